The predicted molar refractivity (Wildman–Crippen MR) is 63.7 cm³/mol. The van der Waals surface area contributed by atoms with Gasteiger partial charge in [0.1, 0.15) is 0 Å². The molecule has 0 spiro atoms. The Morgan fingerprint density at radius 1 is 1.31 bits per heavy atom. The summed E-state index contributed by atoms with van der Waals surface area (Å²) in [5.41, 5.74) is 5.22. The van der Waals surface area contributed by atoms with Gasteiger partial charge in [-0.3, -0.25) is 9.59 Å². The third kappa shape index (κ3) is 7.23. The van der Waals surface area contributed by atoms with Crippen LogP contribution in [0.15, 0.2) is 0 Å². The van der Waals surface area contributed by atoms with Crippen molar-refractivity contribution in [3.63, 3.8) is 0 Å². The number of carbonyl (C=O) groups excluding carboxylic acids is 2. The van der Waals surface area contributed by atoms with E-state index in [-0.39, 0.29) is 12.3 Å². The van der Waals surface area contributed by atoms with Gasteiger partial charge in [-0.1, -0.05) is 20.8 Å². The number of hydrogen-bond acceptors (Lipinski definition) is 3. The molecule has 16 heavy (non-hydrogen) atoms. The summed E-state index contributed by atoms with van der Waals surface area (Å²) in [6.07, 6.45) is 0.994. The van der Waals surface area contributed by atoms with Gasteiger partial charge in [0, 0.05) is 6.54 Å². The van der Waals surface area contributed by atoms with Crippen molar-refractivity contribution in [2.24, 2.45) is 11.7 Å². The molecule has 0 rings (SSSR count). The summed E-state index contributed by atoms with van der Waals surface area (Å²) in [6, 6.07) is -0.570. The van der Waals surface area contributed by atoms with Crippen LogP contribution in [-0.4, -0.2) is 30.9 Å². The van der Waals surface area contributed by atoms with Crippen LogP contribution in [0.25, 0.3) is 0 Å². The summed E-state index contributed by atoms with van der Waals surface area (Å²) in [4.78, 5) is 22.5. The van der Waals surface area contributed by atoms with Crippen molar-refractivity contribution in [3.8, 4) is 0 Å². The van der Waals surface area contributed by atoms with Crippen LogP contribution in [0.2, 0.25) is 0 Å². The minimum Gasteiger partial charge on any atom is -0.368 e. The average molecular weight is 229 g/mol. The van der Waals surface area contributed by atoms with E-state index < -0.39 is 11.9 Å². The maximum Gasteiger partial charge on any atom is 0.235 e. The lowest BCUT2D eigenvalue weighted by atomic mass is 10.1. The zero-order valence-electron chi connectivity index (χ0n) is 10.4. The quantitative estimate of drug-likeness (QED) is 0.548. The first-order valence-corrected chi connectivity index (χ1v) is 5.76. The Bertz CT molecular complexity index is 229. The van der Waals surface area contributed by atoms with E-state index in [1.165, 1.54) is 0 Å². The molecule has 1 atom stereocenters. The van der Waals surface area contributed by atoms with E-state index in [0.29, 0.717) is 19.0 Å². The molecule has 0 radical (unpaired) electrons. The van der Waals surface area contributed by atoms with Gasteiger partial charge in [-0.15, -0.1) is 0 Å². The molecule has 0 saturated heterocycles. The lowest BCUT2D eigenvalue weighted by Gasteiger charge is -2.16. The molecule has 0 aromatic carbocycles. The summed E-state index contributed by atoms with van der Waals surface area (Å²) < 4.78 is 0. The molecule has 4 N–H and O–H groups in total. The Morgan fingerprint density at radius 2 is 1.94 bits per heavy atom. The second-order valence-corrected chi connectivity index (χ2v) is 4.31. The van der Waals surface area contributed by atoms with Crippen LogP contribution in [0.4, 0.5) is 0 Å². The number of amides is 2. The van der Waals surface area contributed by atoms with Crippen LogP contribution in [-0.2, 0) is 9.59 Å². The molecule has 0 aromatic rings. The lowest BCUT2D eigenvalue weighted by Crippen LogP contribution is -2.45. The molecule has 1 unspecified atom stereocenters. The molecule has 0 aliphatic carbocycles. The molecule has 0 bridgehead atoms. The van der Waals surface area contributed by atoms with Gasteiger partial charge in [-0.2, -0.15) is 0 Å². The molecule has 0 saturated carbocycles. The van der Waals surface area contributed by atoms with E-state index in [9.17, 15) is 9.59 Å². The zero-order valence-corrected chi connectivity index (χ0v) is 10.4. The van der Waals surface area contributed by atoms with Gasteiger partial charge in [0.15, 0.2) is 0 Å². The average Bonchev–Trinajstić information content (AvgIpc) is 2.20. The number of rotatable bonds is 8. The summed E-state index contributed by atoms with van der Waals surface area (Å²) in [5.74, 6) is -0.199. The van der Waals surface area contributed by atoms with Gasteiger partial charge in [-0.25, -0.2) is 0 Å². The van der Waals surface area contributed by atoms with Crippen molar-refractivity contribution in [2.75, 3.05) is 13.1 Å². The van der Waals surface area contributed by atoms with Crippen molar-refractivity contribution < 1.29 is 9.59 Å². The first-order valence-electron chi connectivity index (χ1n) is 5.76. The normalized spacial score (nSPS) is 12.5. The van der Waals surface area contributed by atoms with E-state index in [1.54, 1.807) is 0 Å². The first-order chi connectivity index (χ1) is 7.47. The van der Waals surface area contributed by atoms with Gasteiger partial charge in [-0.05, 0) is 18.9 Å². The fraction of sp³-hybridized carbons (Fsp3) is 0.818. The van der Waals surface area contributed by atoms with E-state index in [4.69, 9.17) is 5.73 Å². The maximum atomic E-state index is 11.4. The highest BCUT2D eigenvalue weighted by Gasteiger charge is 2.18. The highest BCUT2D eigenvalue weighted by Crippen LogP contribution is 1.95. The van der Waals surface area contributed by atoms with E-state index in [1.807, 2.05) is 20.8 Å². The van der Waals surface area contributed by atoms with Crippen LogP contribution in [0, 0.1) is 5.92 Å². The van der Waals surface area contributed by atoms with Crippen molar-refractivity contribution in [3.05, 3.63) is 0 Å². The van der Waals surface area contributed by atoms with Gasteiger partial charge in [0.25, 0.3) is 0 Å². The highest BCUT2D eigenvalue weighted by molar-refractivity contribution is 5.87. The Hall–Kier alpha value is -1.10. The molecule has 0 aromatic heterocycles. The molecule has 94 valence electrons. The topological polar surface area (TPSA) is 84.2 Å². The summed E-state index contributed by atoms with van der Waals surface area (Å²) in [6.45, 7) is 7.34. The highest BCUT2D eigenvalue weighted by atomic mass is 16.2. The number of nitrogens with one attached hydrogen (secondary N) is 2. The van der Waals surface area contributed by atoms with E-state index in [2.05, 4.69) is 10.6 Å². The Kier molecular flexibility index (Phi) is 7.54. The lowest BCUT2D eigenvalue weighted by molar-refractivity contribution is -0.126. The van der Waals surface area contributed by atoms with Crippen LogP contribution >= 0.6 is 0 Å². The molecule has 2 amide bonds. The summed E-state index contributed by atoms with van der Waals surface area (Å²) in [7, 11) is 0. The third-order valence-electron chi connectivity index (χ3n) is 2.08. The largest absolute Gasteiger partial charge is 0.368 e. The first kappa shape index (κ1) is 14.9. The number of hydrogen-bond donors (Lipinski definition) is 3. The van der Waals surface area contributed by atoms with Crippen molar-refractivity contribution >= 4 is 11.8 Å². The minimum atomic E-state index is -0.570. The minimum absolute atomic E-state index is 0.113. The molecule has 5 nitrogen and oxygen atoms in total. The van der Waals surface area contributed by atoms with Crippen molar-refractivity contribution in [1.82, 2.24) is 10.6 Å². The zero-order chi connectivity index (χ0) is 12.6. The SMILES string of the molecule is CCCNC(=O)CC(NCC(C)C)C(N)=O. The summed E-state index contributed by atoms with van der Waals surface area (Å²) in [5, 5.41) is 5.71. The van der Waals surface area contributed by atoms with E-state index >= 15 is 0 Å². The molecular formula is C11H23N3O2. The second-order valence-electron chi connectivity index (χ2n) is 4.31. The standard InChI is InChI=1S/C11H23N3O2/c1-4-5-13-10(15)6-9(11(12)16)14-7-8(2)3/h8-9,14H,4-7H2,1-3H3,(H2,12,16)(H,13,15). The maximum absolute atomic E-state index is 11.4. The third-order valence-corrected chi connectivity index (χ3v) is 2.08. The molecule has 0 aliphatic rings. The van der Waals surface area contributed by atoms with Crippen LogP contribution in [0.1, 0.15) is 33.6 Å². The van der Waals surface area contributed by atoms with E-state index in [0.717, 1.165) is 6.42 Å². The Labute approximate surface area is 97.2 Å². The van der Waals surface area contributed by atoms with Crippen LogP contribution < -0.4 is 16.4 Å². The predicted octanol–water partition coefficient (Wildman–Crippen LogP) is 0.00220. The molecule has 0 fully saturated rings. The van der Waals surface area contributed by atoms with Crippen molar-refractivity contribution in [2.45, 2.75) is 39.7 Å². The van der Waals surface area contributed by atoms with Gasteiger partial charge >= 0.3 is 0 Å². The molecule has 0 aliphatic heterocycles. The fourth-order valence-corrected chi connectivity index (χ4v) is 1.17. The van der Waals surface area contributed by atoms with Crippen LogP contribution in [0.3, 0.4) is 0 Å². The molecule has 0 heterocycles. The number of carbonyl (C=O) groups is 2. The van der Waals surface area contributed by atoms with Gasteiger partial charge in [0.2, 0.25) is 11.8 Å². The Balaban J connectivity index is 4.02. The number of nitrogens with two attached hydrogens (primary N) is 1. The molecule has 5 heteroatoms. The smallest absolute Gasteiger partial charge is 0.235 e. The van der Waals surface area contributed by atoms with Crippen LogP contribution in [0.5, 0.6) is 0 Å². The van der Waals surface area contributed by atoms with Gasteiger partial charge in [0.05, 0.1) is 12.5 Å². The Morgan fingerprint density at radius 3 is 2.38 bits per heavy atom. The van der Waals surface area contributed by atoms with Gasteiger partial charge < -0.3 is 16.4 Å². The summed E-state index contributed by atoms with van der Waals surface area (Å²) >= 11 is 0. The fourth-order valence-electron chi connectivity index (χ4n) is 1.17. The number of primary amides is 1. The van der Waals surface area contributed by atoms with Crippen molar-refractivity contribution in [1.29, 1.82) is 0 Å². The second kappa shape index (κ2) is 8.10. The monoisotopic (exact) mass is 229 g/mol. The molecular weight excluding hydrogens is 206 g/mol.